The third-order valence-corrected chi connectivity index (χ3v) is 5.69. The first kappa shape index (κ1) is 23.9. The topological polar surface area (TPSA) is 73.8 Å². The van der Waals surface area contributed by atoms with Crippen LogP contribution in [0.2, 0.25) is 0 Å². The lowest BCUT2D eigenvalue weighted by Crippen LogP contribution is -2.46. The summed E-state index contributed by atoms with van der Waals surface area (Å²) in [6, 6.07) is 0.399. The van der Waals surface area contributed by atoms with Crippen molar-refractivity contribution in [3.8, 4) is 0 Å². The van der Waals surface area contributed by atoms with E-state index in [-0.39, 0.29) is 24.0 Å². The molecule has 24 heavy (non-hydrogen) atoms. The lowest BCUT2D eigenvalue weighted by Gasteiger charge is -2.30. The van der Waals surface area contributed by atoms with Crippen molar-refractivity contribution in [3.05, 3.63) is 0 Å². The van der Waals surface area contributed by atoms with Crippen LogP contribution in [0.15, 0.2) is 4.99 Å². The van der Waals surface area contributed by atoms with Gasteiger partial charge in [-0.1, -0.05) is 13.8 Å². The van der Waals surface area contributed by atoms with Crippen molar-refractivity contribution in [2.45, 2.75) is 52.5 Å². The molecular formula is C16H35IN4O2S. The molecule has 0 spiro atoms. The number of aliphatic imine (C=N–C) groups is 1. The van der Waals surface area contributed by atoms with E-state index in [0.717, 1.165) is 31.8 Å². The predicted molar refractivity (Wildman–Crippen MR) is 113 cm³/mol. The summed E-state index contributed by atoms with van der Waals surface area (Å²) in [5.41, 5.74) is 0. The molecule has 1 unspecified atom stereocenters. The highest BCUT2D eigenvalue weighted by molar-refractivity contribution is 14.0. The molecule has 144 valence electrons. The number of guanidine groups is 1. The highest BCUT2D eigenvalue weighted by atomic mass is 127. The lowest BCUT2D eigenvalue weighted by molar-refractivity contribution is 0.274. The largest absolute Gasteiger partial charge is 0.356 e. The smallest absolute Gasteiger partial charge is 0.211 e. The monoisotopic (exact) mass is 474 g/mol. The van der Waals surface area contributed by atoms with Gasteiger partial charge in [0.2, 0.25) is 10.0 Å². The molecule has 0 saturated carbocycles. The van der Waals surface area contributed by atoms with E-state index in [4.69, 9.17) is 0 Å². The molecule has 0 aliphatic carbocycles. The number of rotatable bonds is 7. The van der Waals surface area contributed by atoms with E-state index in [9.17, 15) is 8.42 Å². The fraction of sp³-hybridized carbons (Fsp3) is 0.938. The molecule has 1 aliphatic rings. The molecule has 1 saturated heterocycles. The SMILES string of the molecule is CN=C(NCC1CCN(S(C)(=O)=O)CC1)NC(C)CCC(C)C.I. The Bertz CT molecular complexity index is 474. The molecule has 0 aromatic carbocycles. The van der Waals surface area contributed by atoms with Gasteiger partial charge in [-0.2, -0.15) is 0 Å². The standard InChI is InChI=1S/C16H34N4O2S.HI/c1-13(2)6-7-14(3)19-16(17-4)18-12-15-8-10-20(11-9-15)23(5,21)22;/h13-15H,6-12H2,1-5H3,(H2,17,18,19);1H. The van der Waals surface area contributed by atoms with Crippen molar-refractivity contribution in [1.29, 1.82) is 0 Å². The average molecular weight is 474 g/mol. The first-order chi connectivity index (χ1) is 10.7. The number of sulfonamides is 1. The molecule has 0 aromatic rings. The average Bonchev–Trinajstić information content (AvgIpc) is 2.48. The summed E-state index contributed by atoms with van der Waals surface area (Å²) in [5.74, 6) is 2.05. The Morgan fingerprint density at radius 1 is 1.21 bits per heavy atom. The second-order valence-electron chi connectivity index (χ2n) is 7.08. The third kappa shape index (κ3) is 9.41. The summed E-state index contributed by atoms with van der Waals surface area (Å²) in [6.45, 7) is 8.75. The van der Waals surface area contributed by atoms with Gasteiger partial charge < -0.3 is 10.6 Å². The van der Waals surface area contributed by atoms with Crippen LogP contribution >= 0.6 is 24.0 Å². The van der Waals surface area contributed by atoms with Gasteiger partial charge in [-0.3, -0.25) is 4.99 Å². The molecule has 0 bridgehead atoms. The first-order valence-electron chi connectivity index (χ1n) is 8.64. The van der Waals surface area contributed by atoms with Crippen LogP contribution in [0.3, 0.4) is 0 Å². The maximum absolute atomic E-state index is 11.5. The zero-order valence-electron chi connectivity index (χ0n) is 15.7. The van der Waals surface area contributed by atoms with E-state index in [1.807, 2.05) is 0 Å². The van der Waals surface area contributed by atoms with Crippen LogP contribution in [-0.2, 0) is 10.0 Å². The Hall–Kier alpha value is -0.0900. The van der Waals surface area contributed by atoms with E-state index in [1.165, 1.54) is 12.7 Å². The Kier molecular flexibility index (Phi) is 11.5. The van der Waals surface area contributed by atoms with Crippen LogP contribution in [0, 0.1) is 11.8 Å². The fourth-order valence-corrected chi connectivity index (χ4v) is 3.64. The van der Waals surface area contributed by atoms with Crippen molar-refractivity contribution in [2.24, 2.45) is 16.8 Å². The summed E-state index contributed by atoms with van der Waals surface area (Å²) >= 11 is 0. The van der Waals surface area contributed by atoms with Gasteiger partial charge in [-0.25, -0.2) is 12.7 Å². The van der Waals surface area contributed by atoms with Crippen molar-refractivity contribution in [2.75, 3.05) is 32.9 Å². The quantitative estimate of drug-likeness (QED) is 0.337. The van der Waals surface area contributed by atoms with Crippen LogP contribution in [0.25, 0.3) is 0 Å². The van der Waals surface area contributed by atoms with E-state index < -0.39 is 10.0 Å². The molecular weight excluding hydrogens is 439 g/mol. The van der Waals surface area contributed by atoms with Gasteiger partial charge in [0, 0.05) is 32.7 Å². The number of hydrogen-bond acceptors (Lipinski definition) is 3. The summed E-state index contributed by atoms with van der Waals surface area (Å²) in [4.78, 5) is 4.28. The predicted octanol–water partition coefficient (Wildman–Crippen LogP) is 2.27. The van der Waals surface area contributed by atoms with Gasteiger partial charge in [-0.15, -0.1) is 24.0 Å². The minimum atomic E-state index is -3.04. The second-order valence-corrected chi connectivity index (χ2v) is 9.06. The summed E-state index contributed by atoms with van der Waals surface area (Å²) in [5, 5.41) is 6.81. The van der Waals surface area contributed by atoms with Gasteiger partial charge in [0.05, 0.1) is 6.26 Å². The van der Waals surface area contributed by atoms with Gasteiger partial charge in [0.25, 0.3) is 0 Å². The van der Waals surface area contributed by atoms with Crippen molar-refractivity contribution >= 4 is 40.0 Å². The van der Waals surface area contributed by atoms with Gasteiger partial charge in [0.1, 0.15) is 0 Å². The van der Waals surface area contributed by atoms with Gasteiger partial charge >= 0.3 is 0 Å². The molecule has 1 fully saturated rings. The van der Waals surface area contributed by atoms with Crippen LogP contribution in [0.1, 0.15) is 46.5 Å². The van der Waals surface area contributed by atoms with Crippen molar-refractivity contribution < 1.29 is 8.42 Å². The normalized spacial score (nSPS) is 19.0. The maximum Gasteiger partial charge on any atom is 0.211 e. The van der Waals surface area contributed by atoms with E-state index >= 15 is 0 Å². The zero-order chi connectivity index (χ0) is 17.5. The minimum Gasteiger partial charge on any atom is -0.356 e. The van der Waals surface area contributed by atoms with Crippen LogP contribution in [-0.4, -0.2) is 57.7 Å². The van der Waals surface area contributed by atoms with E-state index in [0.29, 0.717) is 31.0 Å². The molecule has 1 aliphatic heterocycles. The number of halogens is 1. The Morgan fingerprint density at radius 3 is 2.25 bits per heavy atom. The highest BCUT2D eigenvalue weighted by Crippen LogP contribution is 2.18. The molecule has 0 aromatic heterocycles. The molecule has 1 heterocycles. The molecule has 6 nitrogen and oxygen atoms in total. The van der Waals surface area contributed by atoms with E-state index in [2.05, 4.69) is 36.4 Å². The Balaban J connectivity index is 0.00000529. The molecule has 2 N–H and O–H groups in total. The molecule has 0 radical (unpaired) electrons. The molecule has 8 heteroatoms. The first-order valence-corrected chi connectivity index (χ1v) is 10.5. The minimum absolute atomic E-state index is 0. The summed E-state index contributed by atoms with van der Waals surface area (Å²) in [7, 11) is -1.25. The Labute approximate surface area is 165 Å². The molecule has 1 rings (SSSR count). The van der Waals surface area contributed by atoms with Crippen LogP contribution in [0.5, 0.6) is 0 Å². The molecule has 1 atom stereocenters. The fourth-order valence-electron chi connectivity index (χ4n) is 2.77. The van der Waals surface area contributed by atoms with E-state index in [1.54, 1.807) is 11.4 Å². The zero-order valence-corrected chi connectivity index (χ0v) is 18.9. The summed E-state index contributed by atoms with van der Waals surface area (Å²) < 4.78 is 24.6. The number of nitrogens with zero attached hydrogens (tertiary/aromatic N) is 2. The Morgan fingerprint density at radius 2 is 1.79 bits per heavy atom. The highest BCUT2D eigenvalue weighted by Gasteiger charge is 2.24. The maximum atomic E-state index is 11.5. The second kappa shape index (κ2) is 11.5. The van der Waals surface area contributed by atoms with Gasteiger partial charge in [-0.05, 0) is 44.4 Å². The number of piperidine rings is 1. The van der Waals surface area contributed by atoms with Crippen LogP contribution < -0.4 is 10.6 Å². The van der Waals surface area contributed by atoms with Crippen molar-refractivity contribution in [1.82, 2.24) is 14.9 Å². The molecule has 0 amide bonds. The van der Waals surface area contributed by atoms with Crippen molar-refractivity contribution in [3.63, 3.8) is 0 Å². The van der Waals surface area contributed by atoms with Crippen LogP contribution in [0.4, 0.5) is 0 Å². The number of hydrogen-bond donors (Lipinski definition) is 2. The summed E-state index contributed by atoms with van der Waals surface area (Å²) in [6.07, 6.45) is 5.43. The van der Waals surface area contributed by atoms with Gasteiger partial charge in [0.15, 0.2) is 5.96 Å². The lowest BCUT2D eigenvalue weighted by atomic mass is 9.98. The third-order valence-electron chi connectivity index (χ3n) is 4.38. The number of nitrogens with one attached hydrogen (secondary N) is 2.